The summed E-state index contributed by atoms with van der Waals surface area (Å²) in [7, 11) is 0. The highest BCUT2D eigenvalue weighted by Gasteiger charge is 2.07. The molecule has 2 aromatic carbocycles. The molecule has 0 aliphatic rings. The molecule has 28 heavy (non-hydrogen) atoms. The Labute approximate surface area is 164 Å². The number of benzene rings is 2. The minimum Gasteiger partial charge on any atom is -0.494 e. The van der Waals surface area contributed by atoms with E-state index in [9.17, 15) is 9.59 Å². The number of nitrogens with zero attached hydrogens (tertiary/aromatic N) is 1. The van der Waals surface area contributed by atoms with Gasteiger partial charge in [-0.25, -0.2) is 4.79 Å². The normalized spacial score (nSPS) is 10.5. The van der Waals surface area contributed by atoms with Gasteiger partial charge in [0.15, 0.2) is 6.61 Å². The molecular weight excluding hydrogens is 360 g/mol. The molecule has 148 valence electrons. The second-order valence-corrected chi connectivity index (χ2v) is 5.77. The van der Waals surface area contributed by atoms with E-state index >= 15 is 0 Å². The van der Waals surface area contributed by atoms with Crippen LogP contribution in [0.3, 0.4) is 0 Å². The van der Waals surface area contributed by atoms with Gasteiger partial charge in [0.05, 0.1) is 25.0 Å². The van der Waals surface area contributed by atoms with Crippen LogP contribution in [0.1, 0.15) is 36.2 Å². The molecule has 7 heteroatoms. The number of anilines is 1. The molecule has 7 nitrogen and oxygen atoms in total. The molecule has 0 radical (unpaired) electrons. The van der Waals surface area contributed by atoms with E-state index in [2.05, 4.69) is 10.5 Å². The Kier molecular flexibility index (Phi) is 8.52. The zero-order valence-electron chi connectivity index (χ0n) is 16.0. The van der Waals surface area contributed by atoms with Gasteiger partial charge in [0.2, 0.25) is 0 Å². The summed E-state index contributed by atoms with van der Waals surface area (Å²) < 4.78 is 10.4. The van der Waals surface area contributed by atoms with E-state index in [1.165, 1.54) is 6.21 Å². The number of oxime groups is 1. The van der Waals surface area contributed by atoms with Crippen molar-refractivity contribution in [3.8, 4) is 5.75 Å². The molecule has 0 spiro atoms. The van der Waals surface area contributed by atoms with Crippen LogP contribution < -0.4 is 10.1 Å². The number of rotatable bonds is 10. The Hall–Kier alpha value is -3.35. The zero-order valence-corrected chi connectivity index (χ0v) is 16.0. The van der Waals surface area contributed by atoms with Crippen LogP contribution in [0.5, 0.6) is 5.75 Å². The summed E-state index contributed by atoms with van der Waals surface area (Å²) in [6.45, 7) is 4.61. The third kappa shape index (κ3) is 7.11. The van der Waals surface area contributed by atoms with E-state index in [0.717, 1.165) is 17.7 Å². The molecule has 1 amide bonds. The molecule has 1 N–H and O–H groups in total. The van der Waals surface area contributed by atoms with E-state index in [1.807, 2.05) is 38.1 Å². The van der Waals surface area contributed by atoms with E-state index < -0.39 is 0 Å². The average Bonchev–Trinajstić information content (AvgIpc) is 2.71. The van der Waals surface area contributed by atoms with Gasteiger partial charge >= 0.3 is 5.97 Å². The van der Waals surface area contributed by atoms with Crippen LogP contribution in [-0.4, -0.2) is 37.9 Å². The van der Waals surface area contributed by atoms with Gasteiger partial charge in [-0.3, -0.25) is 4.79 Å². The predicted octanol–water partition coefficient (Wildman–Crippen LogP) is 3.64. The van der Waals surface area contributed by atoms with Crippen molar-refractivity contribution in [3.63, 3.8) is 0 Å². The van der Waals surface area contributed by atoms with Gasteiger partial charge < -0.3 is 19.6 Å². The van der Waals surface area contributed by atoms with E-state index in [4.69, 9.17) is 14.3 Å². The number of amides is 1. The van der Waals surface area contributed by atoms with Gasteiger partial charge in [-0.2, -0.15) is 0 Å². The Morgan fingerprint density at radius 3 is 2.39 bits per heavy atom. The number of hydrogen-bond acceptors (Lipinski definition) is 6. The van der Waals surface area contributed by atoms with Gasteiger partial charge in [0, 0.05) is 5.69 Å². The topological polar surface area (TPSA) is 86.2 Å². The van der Waals surface area contributed by atoms with Gasteiger partial charge in [-0.1, -0.05) is 12.1 Å². The number of nitrogens with one attached hydrogen (secondary N) is 1. The fraction of sp³-hybridized carbons (Fsp3) is 0.286. The first-order chi connectivity index (χ1) is 13.6. The smallest absolute Gasteiger partial charge is 0.338 e. The van der Waals surface area contributed by atoms with Crippen LogP contribution in [0.25, 0.3) is 0 Å². The van der Waals surface area contributed by atoms with Crippen LogP contribution in [0.2, 0.25) is 0 Å². The van der Waals surface area contributed by atoms with Gasteiger partial charge in [0.25, 0.3) is 5.91 Å². The third-order valence-electron chi connectivity index (χ3n) is 3.50. The highest BCUT2D eigenvalue weighted by molar-refractivity contribution is 5.93. The molecule has 0 aliphatic heterocycles. The van der Waals surface area contributed by atoms with Crippen LogP contribution in [0.15, 0.2) is 53.7 Å². The summed E-state index contributed by atoms with van der Waals surface area (Å²) in [5.41, 5.74) is 1.81. The number of hydrogen-bond donors (Lipinski definition) is 1. The molecule has 2 rings (SSSR count). The molecule has 0 aromatic heterocycles. The summed E-state index contributed by atoms with van der Waals surface area (Å²) in [5, 5.41) is 6.44. The Morgan fingerprint density at radius 1 is 1.04 bits per heavy atom. The summed E-state index contributed by atoms with van der Waals surface area (Å²) in [6.07, 6.45) is 2.28. The Morgan fingerprint density at radius 2 is 1.75 bits per heavy atom. The van der Waals surface area contributed by atoms with Crippen molar-refractivity contribution in [2.75, 3.05) is 25.1 Å². The van der Waals surface area contributed by atoms with Crippen molar-refractivity contribution in [2.45, 2.75) is 20.3 Å². The first-order valence-electron chi connectivity index (χ1n) is 9.07. The Bertz CT molecular complexity index is 785. The molecule has 0 fully saturated rings. The van der Waals surface area contributed by atoms with Crippen molar-refractivity contribution in [1.82, 2.24) is 0 Å². The highest BCUT2D eigenvalue weighted by Crippen LogP contribution is 2.12. The lowest BCUT2D eigenvalue weighted by Crippen LogP contribution is -2.17. The van der Waals surface area contributed by atoms with E-state index in [0.29, 0.717) is 24.5 Å². The van der Waals surface area contributed by atoms with Crippen molar-refractivity contribution in [1.29, 1.82) is 0 Å². The summed E-state index contributed by atoms with van der Waals surface area (Å²) in [4.78, 5) is 28.6. The van der Waals surface area contributed by atoms with Crippen LogP contribution in [0, 0.1) is 0 Å². The summed E-state index contributed by atoms with van der Waals surface area (Å²) in [6, 6.07) is 13.8. The molecule has 0 aliphatic carbocycles. The fourth-order valence-corrected chi connectivity index (χ4v) is 2.18. The number of carbonyl (C=O) groups is 2. The lowest BCUT2D eigenvalue weighted by Gasteiger charge is -2.06. The number of ether oxygens (including phenoxy) is 2. The number of carbonyl (C=O) groups excluding carboxylic acids is 2. The maximum Gasteiger partial charge on any atom is 0.338 e. The molecule has 0 saturated carbocycles. The van der Waals surface area contributed by atoms with Gasteiger partial charge in [-0.05, 0) is 67.4 Å². The molecule has 0 bridgehead atoms. The van der Waals surface area contributed by atoms with Gasteiger partial charge in [0.1, 0.15) is 5.75 Å². The minimum absolute atomic E-state index is 0.228. The first-order valence-corrected chi connectivity index (χ1v) is 9.07. The fourth-order valence-electron chi connectivity index (χ4n) is 2.18. The van der Waals surface area contributed by atoms with Crippen molar-refractivity contribution >= 4 is 23.8 Å². The molecular formula is C21H24N2O5. The molecule has 2 aromatic rings. The first kappa shape index (κ1) is 21.0. The minimum atomic E-state index is -0.383. The molecule has 0 atom stereocenters. The summed E-state index contributed by atoms with van der Waals surface area (Å²) in [5.74, 6) is 0.0430. The largest absolute Gasteiger partial charge is 0.494 e. The molecule has 0 heterocycles. The monoisotopic (exact) mass is 384 g/mol. The van der Waals surface area contributed by atoms with Crippen molar-refractivity contribution in [2.24, 2.45) is 5.16 Å². The number of esters is 1. The van der Waals surface area contributed by atoms with E-state index in [1.54, 1.807) is 24.3 Å². The third-order valence-corrected chi connectivity index (χ3v) is 3.50. The predicted molar refractivity (Wildman–Crippen MR) is 107 cm³/mol. The maximum atomic E-state index is 11.9. The van der Waals surface area contributed by atoms with Crippen molar-refractivity contribution in [3.05, 3.63) is 59.7 Å². The SMILES string of the molecule is CCCOC(=O)c1ccc(NC(=O)CO/N=C\c2ccc(OCC)cc2)cc1. The molecule has 0 unspecified atom stereocenters. The van der Waals surface area contributed by atoms with Crippen LogP contribution in [-0.2, 0) is 14.4 Å². The van der Waals surface area contributed by atoms with Gasteiger partial charge in [-0.15, -0.1) is 0 Å². The second-order valence-electron chi connectivity index (χ2n) is 5.77. The lowest BCUT2D eigenvalue weighted by molar-refractivity contribution is -0.120. The zero-order chi connectivity index (χ0) is 20.2. The highest BCUT2D eigenvalue weighted by atomic mass is 16.6. The van der Waals surface area contributed by atoms with Crippen LogP contribution in [0.4, 0.5) is 5.69 Å². The molecule has 0 saturated heterocycles. The average molecular weight is 384 g/mol. The summed E-state index contributed by atoms with van der Waals surface area (Å²) >= 11 is 0. The van der Waals surface area contributed by atoms with E-state index in [-0.39, 0.29) is 18.5 Å². The second kappa shape index (κ2) is 11.4. The Balaban J connectivity index is 1.75. The van der Waals surface area contributed by atoms with Crippen LogP contribution >= 0.6 is 0 Å². The lowest BCUT2D eigenvalue weighted by atomic mass is 10.2. The standard InChI is InChI=1S/C21H24N2O5/c1-3-13-27-21(25)17-7-9-18(10-8-17)23-20(24)15-28-22-14-16-5-11-19(12-6-16)26-4-2/h5-12,14H,3-4,13,15H2,1-2H3,(H,23,24)/b22-14-. The quantitative estimate of drug-likeness (QED) is 0.384. The van der Waals surface area contributed by atoms with Crippen molar-refractivity contribution < 1.29 is 23.9 Å². The maximum absolute atomic E-state index is 11.9.